The normalized spacial score (nSPS) is 11.2. The van der Waals surface area contributed by atoms with E-state index in [0.717, 1.165) is 24.1 Å². The van der Waals surface area contributed by atoms with E-state index >= 15 is 0 Å². The monoisotopic (exact) mass is 274 g/mol. The Morgan fingerprint density at radius 3 is 2.80 bits per heavy atom. The molecule has 0 radical (unpaired) electrons. The number of hydrogen-bond acceptors (Lipinski definition) is 3. The van der Waals surface area contributed by atoms with Crippen molar-refractivity contribution in [1.29, 1.82) is 0 Å². The molecule has 0 saturated heterocycles. The molecule has 0 saturated carbocycles. The zero-order chi connectivity index (χ0) is 11.1. The number of aryl methyl sites for hydroxylation is 1. The highest BCUT2D eigenvalue weighted by atomic mass is 79.9. The fourth-order valence-electron chi connectivity index (χ4n) is 1.48. The topological polar surface area (TPSA) is 34.0 Å². The van der Waals surface area contributed by atoms with E-state index in [1.165, 1.54) is 19.3 Å². The third-order valence-corrected chi connectivity index (χ3v) is 2.82. The molecule has 1 rings (SSSR count). The van der Waals surface area contributed by atoms with Gasteiger partial charge in [0.2, 0.25) is 0 Å². The first-order chi connectivity index (χ1) is 7.22. The smallest absolute Gasteiger partial charge is 0.0966 e. The van der Waals surface area contributed by atoms with Gasteiger partial charge >= 0.3 is 0 Å². The van der Waals surface area contributed by atoms with Gasteiger partial charge in [0, 0.05) is 25.1 Å². The van der Waals surface area contributed by atoms with E-state index in [1.807, 2.05) is 13.2 Å². The summed E-state index contributed by atoms with van der Waals surface area (Å²) in [7, 11) is 4.02. The average molecular weight is 275 g/mol. The second kappa shape index (κ2) is 6.95. The number of hydrogen-bond donors (Lipinski definition) is 0. The molecule has 1 aromatic heterocycles. The van der Waals surface area contributed by atoms with E-state index in [-0.39, 0.29) is 0 Å². The average Bonchev–Trinajstić information content (AvgIpc) is 2.59. The Morgan fingerprint density at radius 1 is 1.40 bits per heavy atom. The highest BCUT2D eigenvalue weighted by Gasteiger charge is 2.03. The van der Waals surface area contributed by atoms with Crippen molar-refractivity contribution in [2.24, 2.45) is 7.05 Å². The highest BCUT2D eigenvalue weighted by molar-refractivity contribution is 9.09. The Hall–Kier alpha value is -0.420. The molecular formula is C10H19BrN4. The molecule has 5 heteroatoms. The molecule has 0 aliphatic heterocycles. The molecule has 0 unspecified atom stereocenters. The van der Waals surface area contributed by atoms with Crippen molar-refractivity contribution in [2.45, 2.75) is 25.8 Å². The number of unbranched alkanes of at least 4 members (excludes halogenated alkanes) is 2. The zero-order valence-corrected chi connectivity index (χ0v) is 11.1. The lowest BCUT2D eigenvalue weighted by molar-refractivity contribution is 0.314. The first-order valence-corrected chi connectivity index (χ1v) is 6.44. The Morgan fingerprint density at radius 2 is 2.20 bits per heavy atom. The quantitative estimate of drug-likeness (QED) is 0.562. The number of aromatic nitrogens is 3. The van der Waals surface area contributed by atoms with Gasteiger partial charge in [0.1, 0.15) is 0 Å². The minimum Gasteiger partial charge on any atom is -0.300 e. The number of nitrogens with zero attached hydrogens (tertiary/aromatic N) is 4. The molecule has 0 aliphatic carbocycles. The van der Waals surface area contributed by atoms with Crippen molar-refractivity contribution in [1.82, 2.24) is 19.9 Å². The molecule has 0 spiro atoms. The van der Waals surface area contributed by atoms with Gasteiger partial charge in [-0.3, -0.25) is 4.68 Å². The second-order valence-electron chi connectivity index (χ2n) is 3.87. The summed E-state index contributed by atoms with van der Waals surface area (Å²) in [5, 5.41) is 9.09. The maximum atomic E-state index is 4.06. The van der Waals surface area contributed by atoms with Crippen molar-refractivity contribution in [3.05, 3.63) is 11.9 Å². The first kappa shape index (κ1) is 12.6. The van der Waals surface area contributed by atoms with Crippen LogP contribution >= 0.6 is 15.9 Å². The van der Waals surface area contributed by atoms with Crippen molar-refractivity contribution in [2.75, 3.05) is 18.9 Å². The van der Waals surface area contributed by atoms with Crippen LogP contribution in [0.25, 0.3) is 0 Å². The van der Waals surface area contributed by atoms with Crippen LogP contribution in [0, 0.1) is 0 Å². The van der Waals surface area contributed by atoms with Gasteiger partial charge in [-0.2, -0.15) is 0 Å². The summed E-state index contributed by atoms with van der Waals surface area (Å²) in [6, 6.07) is 0. The summed E-state index contributed by atoms with van der Waals surface area (Å²) >= 11 is 3.44. The standard InChI is InChI=1S/C10H19BrN4/c1-14(7-5-3-4-6-11)8-10-9-15(2)13-12-10/h9H,3-8H2,1-2H3. The van der Waals surface area contributed by atoms with Gasteiger partial charge in [-0.1, -0.05) is 27.6 Å². The second-order valence-corrected chi connectivity index (χ2v) is 4.66. The van der Waals surface area contributed by atoms with E-state index in [0.29, 0.717) is 0 Å². The molecule has 0 aromatic carbocycles. The van der Waals surface area contributed by atoms with Crippen molar-refractivity contribution >= 4 is 15.9 Å². The van der Waals surface area contributed by atoms with E-state index in [2.05, 4.69) is 38.2 Å². The van der Waals surface area contributed by atoms with E-state index in [9.17, 15) is 0 Å². The molecule has 86 valence electrons. The summed E-state index contributed by atoms with van der Waals surface area (Å²) in [4.78, 5) is 2.29. The van der Waals surface area contributed by atoms with Crippen LogP contribution in [-0.2, 0) is 13.6 Å². The van der Waals surface area contributed by atoms with Crippen LogP contribution in [0.3, 0.4) is 0 Å². The zero-order valence-electron chi connectivity index (χ0n) is 9.49. The van der Waals surface area contributed by atoms with E-state index < -0.39 is 0 Å². The van der Waals surface area contributed by atoms with Crippen molar-refractivity contribution in [3.8, 4) is 0 Å². The molecule has 0 amide bonds. The summed E-state index contributed by atoms with van der Waals surface area (Å²) in [6.45, 7) is 2.02. The SMILES string of the molecule is CN(CCCCCBr)Cc1cn(C)nn1. The Kier molecular flexibility index (Phi) is 5.86. The molecule has 0 aliphatic rings. The Bertz CT molecular complexity index is 274. The van der Waals surface area contributed by atoms with Crippen LogP contribution in [0.4, 0.5) is 0 Å². The summed E-state index contributed by atoms with van der Waals surface area (Å²) in [6.07, 6.45) is 5.77. The molecule has 1 heterocycles. The molecule has 15 heavy (non-hydrogen) atoms. The number of halogens is 1. The van der Waals surface area contributed by atoms with Gasteiger partial charge in [-0.25, -0.2) is 0 Å². The van der Waals surface area contributed by atoms with Gasteiger partial charge in [0.25, 0.3) is 0 Å². The van der Waals surface area contributed by atoms with Gasteiger partial charge in [0.15, 0.2) is 0 Å². The largest absolute Gasteiger partial charge is 0.300 e. The predicted octanol–water partition coefficient (Wildman–Crippen LogP) is 1.81. The van der Waals surface area contributed by atoms with Crippen LogP contribution in [0.2, 0.25) is 0 Å². The summed E-state index contributed by atoms with van der Waals surface area (Å²) in [5.41, 5.74) is 1.04. The van der Waals surface area contributed by atoms with E-state index in [4.69, 9.17) is 0 Å². The lowest BCUT2D eigenvalue weighted by Gasteiger charge is -2.14. The lowest BCUT2D eigenvalue weighted by atomic mass is 10.2. The molecule has 1 aromatic rings. The van der Waals surface area contributed by atoms with Crippen molar-refractivity contribution < 1.29 is 0 Å². The first-order valence-electron chi connectivity index (χ1n) is 5.32. The fraction of sp³-hybridized carbons (Fsp3) is 0.800. The maximum Gasteiger partial charge on any atom is 0.0966 e. The Balaban J connectivity index is 2.15. The third-order valence-electron chi connectivity index (χ3n) is 2.26. The fourth-order valence-corrected chi connectivity index (χ4v) is 1.87. The highest BCUT2D eigenvalue weighted by Crippen LogP contribution is 2.02. The van der Waals surface area contributed by atoms with Gasteiger partial charge in [-0.05, 0) is 26.4 Å². The van der Waals surface area contributed by atoms with Gasteiger partial charge in [0.05, 0.1) is 5.69 Å². The van der Waals surface area contributed by atoms with Crippen LogP contribution in [0.15, 0.2) is 6.20 Å². The molecule has 4 nitrogen and oxygen atoms in total. The molecular weight excluding hydrogens is 256 g/mol. The summed E-state index contributed by atoms with van der Waals surface area (Å²) in [5.74, 6) is 0. The Labute approximate surface area is 99.8 Å². The van der Waals surface area contributed by atoms with Crippen LogP contribution in [-0.4, -0.2) is 38.8 Å². The maximum absolute atomic E-state index is 4.06. The van der Waals surface area contributed by atoms with Crippen molar-refractivity contribution in [3.63, 3.8) is 0 Å². The lowest BCUT2D eigenvalue weighted by Crippen LogP contribution is -2.19. The third kappa shape index (κ3) is 5.28. The molecule has 0 fully saturated rings. The van der Waals surface area contributed by atoms with E-state index in [1.54, 1.807) is 4.68 Å². The number of alkyl halides is 1. The number of rotatable bonds is 7. The van der Waals surface area contributed by atoms with Gasteiger partial charge in [-0.15, -0.1) is 5.10 Å². The minimum atomic E-state index is 0.891. The van der Waals surface area contributed by atoms with Gasteiger partial charge < -0.3 is 4.90 Å². The molecule has 0 bridgehead atoms. The summed E-state index contributed by atoms with van der Waals surface area (Å²) < 4.78 is 1.74. The van der Waals surface area contributed by atoms with Crippen LogP contribution in [0.1, 0.15) is 25.0 Å². The predicted molar refractivity (Wildman–Crippen MR) is 65.0 cm³/mol. The van der Waals surface area contributed by atoms with Crippen LogP contribution < -0.4 is 0 Å². The molecule has 0 atom stereocenters. The minimum absolute atomic E-state index is 0.891. The molecule has 0 N–H and O–H groups in total. The van der Waals surface area contributed by atoms with Crippen LogP contribution in [0.5, 0.6) is 0 Å².